The third kappa shape index (κ3) is 3.89. The number of ketones is 1. The largest absolute Gasteiger partial charge is 0.481 e. The second-order valence-electron chi connectivity index (χ2n) is 5.11. The number of hydrogen-bond acceptors (Lipinski definition) is 7. The second kappa shape index (κ2) is 6.67. The molecule has 1 aromatic heterocycles. The number of carboxylic acids is 1. The Balaban J connectivity index is 1.98. The van der Waals surface area contributed by atoms with Gasteiger partial charge in [0.15, 0.2) is 0 Å². The number of Topliss-reactive ketones (excluding diaryl/α,β-unsaturated/α-hetero) is 1. The summed E-state index contributed by atoms with van der Waals surface area (Å²) in [6, 6.07) is 1.43. The zero-order valence-electron chi connectivity index (χ0n) is 11.7. The number of nitrogens with two attached hydrogens (primary N) is 1. The van der Waals surface area contributed by atoms with E-state index in [0.717, 1.165) is 0 Å². The lowest BCUT2D eigenvalue weighted by Crippen LogP contribution is -2.27. The monoisotopic (exact) mass is 311 g/mol. The van der Waals surface area contributed by atoms with Gasteiger partial charge in [0.1, 0.15) is 17.8 Å². The predicted octanol–water partition coefficient (Wildman–Crippen LogP) is -0.702. The van der Waals surface area contributed by atoms with E-state index in [9.17, 15) is 19.5 Å². The van der Waals surface area contributed by atoms with E-state index in [2.05, 4.69) is 4.98 Å². The van der Waals surface area contributed by atoms with Crippen molar-refractivity contribution in [2.75, 3.05) is 5.73 Å². The summed E-state index contributed by atoms with van der Waals surface area (Å²) >= 11 is 0. The van der Waals surface area contributed by atoms with E-state index < -0.39 is 30.1 Å². The zero-order chi connectivity index (χ0) is 16.3. The quantitative estimate of drug-likeness (QED) is 0.625. The highest BCUT2D eigenvalue weighted by atomic mass is 16.5. The summed E-state index contributed by atoms with van der Waals surface area (Å²) in [4.78, 5) is 37.4. The molecule has 0 aliphatic carbocycles. The molecule has 1 aliphatic rings. The second-order valence-corrected chi connectivity index (χ2v) is 5.11. The van der Waals surface area contributed by atoms with Crippen LogP contribution in [0.1, 0.15) is 31.9 Å². The van der Waals surface area contributed by atoms with Gasteiger partial charge >= 0.3 is 11.7 Å². The van der Waals surface area contributed by atoms with Crippen LogP contribution in [0.15, 0.2) is 17.1 Å². The first-order valence-corrected chi connectivity index (χ1v) is 6.78. The van der Waals surface area contributed by atoms with E-state index in [1.54, 1.807) is 0 Å². The molecule has 1 aliphatic heterocycles. The van der Waals surface area contributed by atoms with Gasteiger partial charge in [0.05, 0.1) is 18.6 Å². The number of aliphatic carboxylic acids is 1. The minimum Gasteiger partial charge on any atom is -0.481 e. The normalized spacial score (nSPS) is 24.3. The van der Waals surface area contributed by atoms with Crippen LogP contribution in [0.2, 0.25) is 0 Å². The molecule has 1 aromatic rings. The molecule has 2 heterocycles. The Bertz CT molecular complexity index is 628. The lowest BCUT2D eigenvalue weighted by molar-refractivity contribution is -0.139. The Kier molecular flexibility index (Phi) is 4.88. The molecular weight excluding hydrogens is 294 g/mol. The van der Waals surface area contributed by atoms with Gasteiger partial charge in [0, 0.05) is 25.5 Å². The van der Waals surface area contributed by atoms with E-state index >= 15 is 0 Å². The molecule has 9 heteroatoms. The van der Waals surface area contributed by atoms with E-state index in [0.29, 0.717) is 0 Å². The van der Waals surface area contributed by atoms with Gasteiger partial charge in [-0.05, 0) is 6.07 Å². The maximum atomic E-state index is 11.7. The topological polar surface area (TPSA) is 145 Å². The summed E-state index contributed by atoms with van der Waals surface area (Å²) in [5.41, 5.74) is 4.80. The van der Waals surface area contributed by atoms with Crippen LogP contribution >= 0.6 is 0 Å². The SMILES string of the molecule is Nc1ccn([C@H]2CC(O)[C@@H](CC(=O)CCC(=O)O)O2)c(=O)n1. The van der Waals surface area contributed by atoms with Crippen molar-refractivity contribution in [1.29, 1.82) is 0 Å². The minimum atomic E-state index is -1.06. The fourth-order valence-corrected chi connectivity index (χ4v) is 2.29. The van der Waals surface area contributed by atoms with Crippen molar-refractivity contribution in [2.24, 2.45) is 0 Å². The van der Waals surface area contributed by atoms with Gasteiger partial charge in [0.25, 0.3) is 0 Å². The van der Waals surface area contributed by atoms with Crippen LogP contribution in [0.3, 0.4) is 0 Å². The van der Waals surface area contributed by atoms with Crippen molar-refractivity contribution in [3.05, 3.63) is 22.7 Å². The number of rotatable bonds is 6. The van der Waals surface area contributed by atoms with Gasteiger partial charge in [-0.1, -0.05) is 0 Å². The summed E-state index contributed by atoms with van der Waals surface area (Å²) in [5, 5.41) is 18.5. The van der Waals surface area contributed by atoms with Crippen LogP contribution in [0.4, 0.5) is 5.82 Å². The van der Waals surface area contributed by atoms with E-state index in [1.807, 2.05) is 0 Å². The number of hydrogen-bond donors (Lipinski definition) is 3. The first-order valence-electron chi connectivity index (χ1n) is 6.78. The smallest absolute Gasteiger partial charge is 0.351 e. The van der Waals surface area contributed by atoms with Crippen LogP contribution in [0.25, 0.3) is 0 Å². The Hall–Kier alpha value is -2.26. The number of carbonyl (C=O) groups excluding carboxylic acids is 1. The number of nitrogen functional groups attached to an aromatic ring is 1. The van der Waals surface area contributed by atoms with Gasteiger partial charge in [-0.15, -0.1) is 0 Å². The number of aromatic nitrogens is 2. The molecule has 2 rings (SSSR count). The molecule has 0 radical (unpaired) electrons. The molecule has 120 valence electrons. The van der Waals surface area contributed by atoms with Gasteiger partial charge in [-0.25, -0.2) is 4.79 Å². The molecule has 1 unspecified atom stereocenters. The number of aliphatic hydroxyl groups excluding tert-OH is 1. The van der Waals surface area contributed by atoms with Crippen molar-refractivity contribution < 1.29 is 24.5 Å². The third-order valence-electron chi connectivity index (χ3n) is 3.41. The molecule has 0 saturated carbocycles. The average molecular weight is 311 g/mol. The summed E-state index contributed by atoms with van der Waals surface area (Å²) in [7, 11) is 0. The highest BCUT2D eigenvalue weighted by Gasteiger charge is 2.36. The van der Waals surface area contributed by atoms with Gasteiger partial charge in [-0.3, -0.25) is 14.2 Å². The summed E-state index contributed by atoms with van der Waals surface area (Å²) in [5.74, 6) is -1.28. The van der Waals surface area contributed by atoms with E-state index in [4.69, 9.17) is 15.6 Å². The minimum absolute atomic E-state index is 0.0835. The molecule has 3 atom stereocenters. The summed E-state index contributed by atoms with van der Waals surface area (Å²) in [6.07, 6.45) is -1.32. The molecule has 0 spiro atoms. The van der Waals surface area contributed by atoms with Crippen molar-refractivity contribution in [2.45, 2.75) is 44.1 Å². The molecule has 22 heavy (non-hydrogen) atoms. The van der Waals surface area contributed by atoms with Crippen molar-refractivity contribution in [3.8, 4) is 0 Å². The van der Waals surface area contributed by atoms with Crippen LogP contribution in [0.5, 0.6) is 0 Å². The standard InChI is InChI=1S/C13H17N3O6/c14-10-3-4-16(13(21)15-10)11-6-8(18)9(22-11)5-7(17)1-2-12(19)20/h3-4,8-9,11,18H,1-2,5-6H2,(H,19,20)(H2,14,15,21)/t8?,9-,11-/m1/s1. The van der Waals surface area contributed by atoms with Gasteiger partial charge < -0.3 is 20.7 Å². The molecule has 1 saturated heterocycles. The average Bonchev–Trinajstić information content (AvgIpc) is 2.77. The van der Waals surface area contributed by atoms with Crippen molar-refractivity contribution in [1.82, 2.24) is 9.55 Å². The molecular formula is C13H17N3O6. The van der Waals surface area contributed by atoms with E-state index in [-0.39, 0.29) is 37.3 Å². The highest BCUT2D eigenvalue weighted by molar-refractivity contribution is 5.82. The molecule has 1 fully saturated rings. The third-order valence-corrected chi connectivity index (χ3v) is 3.41. The fraction of sp³-hybridized carbons (Fsp3) is 0.538. The number of nitrogens with zero attached hydrogens (tertiary/aromatic N) is 2. The van der Waals surface area contributed by atoms with Crippen LogP contribution in [-0.4, -0.2) is 43.7 Å². The van der Waals surface area contributed by atoms with E-state index in [1.165, 1.54) is 16.8 Å². The van der Waals surface area contributed by atoms with Crippen molar-refractivity contribution >= 4 is 17.6 Å². The van der Waals surface area contributed by atoms with Crippen LogP contribution in [0, 0.1) is 0 Å². The molecule has 4 N–H and O–H groups in total. The lowest BCUT2D eigenvalue weighted by Gasteiger charge is -2.15. The Morgan fingerprint density at radius 2 is 2.18 bits per heavy atom. The molecule has 0 bridgehead atoms. The number of anilines is 1. The first-order chi connectivity index (χ1) is 10.4. The number of carbonyl (C=O) groups is 2. The first kappa shape index (κ1) is 16.1. The molecule has 0 amide bonds. The Morgan fingerprint density at radius 3 is 2.82 bits per heavy atom. The van der Waals surface area contributed by atoms with Gasteiger partial charge in [0.2, 0.25) is 0 Å². The Labute approximate surface area is 125 Å². The maximum absolute atomic E-state index is 11.7. The number of carboxylic acid groups (broad SMARTS) is 1. The highest BCUT2D eigenvalue weighted by Crippen LogP contribution is 2.29. The fourth-order valence-electron chi connectivity index (χ4n) is 2.29. The molecule has 0 aromatic carbocycles. The lowest BCUT2D eigenvalue weighted by atomic mass is 10.0. The van der Waals surface area contributed by atoms with Gasteiger partial charge in [-0.2, -0.15) is 4.98 Å². The van der Waals surface area contributed by atoms with Crippen LogP contribution < -0.4 is 11.4 Å². The number of aliphatic hydroxyl groups is 1. The summed E-state index contributed by atoms with van der Waals surface area (Å²) < 4.78 is 6.72. The molecule has 9 nitrogen and oxygen atoms in total. The summed E-state index contributed by atoms with van der Waals surface area (Å²) in [6.45, 7) is 0. The maximum Gasteiger partial charge on any atom is 0.351 e. The zero-order valence-corrected chi connectivity index (χ0v) is 11.7. The number of ether oxygens (including phenoxy) is 1. The van der Waals surface area contributed by atoms with Crippen LogP contribution in [-0.2, 0) is 14.3 Å². The van der Waals surface area contributed by atoms with Crippen molar-refractivity contribution in [3.63, 3.8) is 0 Å². The predicted molar refractivity (Wildman–Crippen MR) is 73.9 cm³/mol. The Morgan fingerprint density at radius 1 is 1.45 bits per heavy atom.